The molecule has 32 heavy (non-hydrogen) atoms. The summed E-state index contributed by atoms with van der Waals surface area (Å²) in [6.45, 7) is 4.17. The summed E-state index contributed by atoms with van der Waals surface area (Å²) in [6.07, 6.45) is 7.45. The summed E-state index contributed by atoms with van der Waals surface area (Å²) in [5.41, 5.74) is 2.78. The van der Waals surface area contributed by atoms with Gasteiger partial charge < -0.3 is 14.8 Å². The molecule has 0 bridgehead atoms. The number of nitrogens with zero attached hydrogens (tertiary/aromatic N) is 2. The molecule has 5 rings (SSSR count). The van der Waals surface area contributed by atoms with Gasteiger partial charge in [0, 0.05) is 9.75 Å². The van der Waals surface area contributed by atoms with Crippen molar-refractivity contribution in [3.8, 4) is 5.88 Å². The summed E-state index contributed by atoms with van der Waals surface area (Å²) in [5, 5.41) is 4.36. The van der Waals surface area contributed by atoms with E-state index in [-0.39, 0.29) is 18.5 Å². The van der Waals surface area contributed by atoms with Gasteiger partial charge in [0.15, 0.2) is 6.61 Å². The highest BCUT2D eigenvalue weighted by molar-refractivity contribution is 7.19. The lowest BCUT2D eigenvalue weighted by atomic mass is 9.89. The fourth-order valence-electron chi connectivity index (χ4n) is 4.56. The Kier molecular flexibility index (Phi) is 5.86. The number of carbonyl (C=O) groups excluding carboxylic acids is 2. The van der Waals surface area contributed by atoms with E-state index in [9.17, 15) is 9.59 Å². The van der Waals surface area contributed by atoms with Crippen molar-refractivity contribution >= 4 is 49.8 Å². The minimum Gasteiger partial charge on any atom is -0.467 e. The maximum atomic E-state index is 12.7. The van der Waals surface area contributed by atoms with Crippen molar-refractivity contribution in [2.24, 2.45) is 5.92 Å². The molecule has 7 nitrogen and oxygen atoms in total. The molecule has 168 valence electrons. The Morgan fingerprint density at radius 2 is 2.03 bits per heavy atom. The van der Waals surface area contributed by atoms with Crippen molar-refractivity contribution in [2.45, 2.75) is 52.4 Å². The molecule has 0 saturated carbocycles. The predicted octanol–water partition coefficient (Wildman–Crippen LogP) is 4.56. The lowest BCUT2D eigenvalue weighted by Crippen LogP contribution is -2.21. The van der Waals surface area contributed by atoms with Crippen LogP contribution >= 0.6 is 22.7 Å². The molecule has 3 aromatic rings. The van der Waals surface area contributed by atoms with Gasteiger partial charge in [-0.1, -0.05) is 6.92 Å². The van der Waals surface area contributed by atoms with Crippen LogP contribution in [0.4, 0.5) is 5.00 Å². The number of ether oxygens (including phenoxy) is 2. The second-order valence-electron chi connectivity index (χ2n) is 8.33. The van der Waals surface area contributed by atoms with E-state index in [1.807, 2.05) is 0 Å². The predicted molar refractivity (Wildman–Crippen MR) is 125 cm³/mol. The van der Waals surface area contributed by atoms with Gasteiger partial charge in [-0.25, -0.2) is 14.8 Å². The third-order valence-electron chi connectivity index (χ3n) is 6.05. The van der Waals surface area contributed by atoms with Crippen LogP contribution in [0.2, 0.25) is 0 Å². The SMILES string of the molecule is CCOC(=O)c1c(NC(=O)COc2ncnc3sc4c(c23)CCC(C)C4)sc2c1CCC2. The number of thiophene rings is 2. The quantitative estimate of drug-likeness (QED) is 0.530. The van der Waals surface area contributed by atoms with E-state index in [2.05, 4.69) is 22.2 Å². The van der Waals surface area contributed by atoms with Crippen LogP contribution in [0.1, 0.15) is 57.9 Å². The number of aryl methyl sites for hydroxylation is 2. The molecule has 2 aliphatic carbocycles. The molecule has 0 fully saturated rings. The molecule has 0 saturated heterocycles. The van der Waals surface area contributed by atoms with Crippen molar-refractivity contribution in [3.63, 3.8) is 0 Å². The number of hydrogen-bond acceptors (Lipinski definition) is 8. The molecule has 0 spiro atoms. The van der Waals surface area contributed by atoms with Crippen LogP contribution in [0.15, 0.2) is 6.33 Å². The van der Waals surface area contributed by atoms with Gasteiger partial charge in [0.05, 0.1) is 17.6 Å². The van der Waals surface area contributed by atoms with Crippen molar-refractivity contribution < 1.29 is 19.1 Å². The zero-order chi connectivity index (χ0) is 22.2. The number of aromatic nitrogens is 2. The standard InChI is InChI=1S/C23H25N3O4S2/c1-3-29-23(28)19-13-5-4-6-15(13)31-22(19)26-17(27)10-30-20-18-14-8-7-12(2)9-16(14)32-21(18)25-11-24-20/h11-12H,3-10H2,1-2H3,(H,26,27). The molecular weight excluding hydrogens is 446 g/mol. The zero-order valence-corrected chi connectivity index (χ0v) is 19.8. The average Bonchev–Trinajstić information content (AvgIpc) is 3.44. The number of esters is 1. The molecule has 3 heterocycles. The van der Waals surface area contributed by atoms with Crippen LogP contribution in [0, 0.1) is 5.92 Å². The Balaban J connectivity index is 1.33. The van der Waals surface area contributed by atoms with Gasteiger partial charge in [-0.2, -0.15) is 0 Å². The molecule has 0 aromatic carbocycles. The maximum absolute atomic E-state index is 12.7. The number of nitrogens with one attached hydrogen (secondary N) is 1. The van der Waals surface area contributed by atoms with E-state index in [0.717, 1.165) is 59.2 Å². The number of amides is 1. The fraction of sp³-hybridized carbons (Fsp3) is 0.478. The Hall–Kier alpha value is -2.52. The maximum Gasteiger partial charge on any atom is 0.341 e. The van der Waals surface area contributed by atoms with Gasteiger partial charge >= 0.3 is 5.97 Å². The monoisotopic (exact) mass is 471 g/mol. The van der Waals surface area contributed by atoms with E-state index >= 15 is 0 Å². The van der Waals surface area contributed by atoms with Gasteiger partial charge in [-0.3, -0.25) is 4.79 Å². The Morgan fingerprint density at radius 1 is 1.16 bits per heavy atom. The molecule has 3 aromatic heterocycles. The fourth-order valence-corrected chi connectivity index (χ4v) is 7.20. The number of rotatable bonds is 6. The molecular formula is C23H25N3O4S2. The molecule has 1 atom stereocenters. The summed E-state index contributed by atoms with van der Waals surface area (Å²) in [5.74, 6) is 0.427. The average molecular weight is 472 g/mol. The normalized spacial score (nSPS) is 17.1. The summed E-state index contributed by atoms with van der Waals surface area (Å²) in [6, 6.07) is 0. The zero-order valence-electron chi connectivity index (χ0n) is 18.2. The second kappa shape index (κ2) is 8.78. The highest BCUT2D eigenvalue weighted by Gasteiger charge is 2.29. The van der Waals surface area contributed by atoms with Crippen LogP contribution in [0.5, 0.6) is 5.88 Å². The second-order valence-corrected chi connectivity index (χ2v) is 10.5. The molecule has 0 radical (unpaired) electrons. The summed E-state index contributed by atoms with van der Waals surface area (Å²) < 4.78 is 11.1. The number of hydrogen-bond donors (Lipinski definition) is 1. The van der Waals surface area contributed by atoms with Crippen molar-refractivity contribution in [1.82, 2.24) is 9.97 Å². The molecule has 1 unspecified atom stereocenters. The van der Waals surface area contributed by atoms with Gasteiger partial charge in [-0.15, -0.1) is 22.7 Å². The Bertz CT molecular complexity index is 1200. The lowest BCUT2D eigenvalue weighted by molar-refractivity contribution is -0.118. The van der Waals surface area contributed by atoms with Crippen LogP contribution in [0.25, 0.3) is 10.2 Å². The van der Waals surface area contributed by atoms with Crippen LogP contribution < -0.4 is 10.1 Å². The van der Waals surface area contributed by atoms with Gasteiger partial charge in [0.25, 0.3) is 5.91 Å². The first-order valence-electron chi connectivity index (χ1n) is 11.0. The van der Waals surface area contributed by atoms with Gasteiger partial charge in [0.1, 0.15) is 16.2 Å². The highest BCUT2D eigenvalue weighted by Crippen LogP contribution is 2.41. The highest BCUT2D eigenvalue weighted by atomic mass is 32.1. The number of fused-ring (bicyclic) bond motifs is 4. The lowest BCUT2D eigenvalue weighted by Gasteiger charge is -2.18. The first-order chi connectivity index (χ1) is 15.5. The third-order valence-corrected chi connectivity index (χ3v) is 8.42. The van der Waals surface area contributed by atoms with Gasteiger partial charge in [-0.05, 0) is 62.5 Å². The Labute approximate surface area is 194 Å². The van der Waals surface area contributed by atoms with Crippen molar-refractivity contribution in [3.05, 3.63) is 32.8 Å². The topological polar surface area (TPSA) is 90.4 Å². The first kappa shape index (κ1) is 21.3. The van der Waals surface area contributed by atoms with Crippen LogP contribution in [-0.2, 0) is 35.2 Å². The summed E-state index contributed by atoms with van der Waals surface area (Å²) in [4.78, 5) is 37.4. The largest absolute Gasteiger partial charge is 0.467 e. The third kappa shape index (κ3) is 3.88. The van der Waals surface area contributed by atoms with Gasteiger partial charge in [0.2, 0.25) is 5.88 Å². The van der Waals surface area contributed by atoms with E-state index in [4.69, 9.17) is 9.47 Å². The smallest absolute Gasteiger partial charge is 0.341 e. The Morgan fingerprint density at radius 3 is 2.88 bits per heavy atom. The molecule has 0 aliphatic heterocycles. The molecule has 1 amide bonds. The number of anilines is 1. The summed E-state index contributed by atoms with van der Waals surface area (Å²) >= 11 is 3.16. The van der Waals surface area contributed by atoms with E-state index < -0.39 is 0 Å². The first-order valence-corrected chi connectivity index (χ1v) is 12.7. The van der Waals surface area contributed by atoms with E-state index in [1.165, 1.54) is 28.1 Å². The van der Waals surface area contributed by atoms with Crippen molar-refractivity contribution in [2.75, 3.05) is 18.5 Å². The minimum absolute atomic E-state index is 0.183. The molecule has 9 heteroatoms. The minimum atomic E-state index is -0.375. The van der Waals surface area contributed by atoms with E-state index in [1.54, 1.807) is 18.3 Å². The summed E-state index contributed by atoms with van der Waals surface area (Å²) in [7, 11) is 0. The number of carbonyl (C=O) groups is 2. The molecule has 1 N–H and O–H groups in total. The molecule has 2 aliphatic rings. The van der Waals surface area contributed by atoms with E-state index in [0.29, 0.717) is 29.0 Å². The van der Waals surface area contributed by atoms with Crippen LogP contribution in [0.3, 0.4) is 0 Å². The van der Waals surface area contributed by atoms with Crippen LogP contribution in [-0.4, -0.2) is 35.1 Å². The van der Waals surface area contributed by atoms with Crippen molar-refractivity contribution in [1.29, 1.82) is 0 Å².